The van der Waals surface area contributed by atoms with Gasteiger partial charge < -0.3 is 14.3 Å². The number of hydrogen-bond donors (Lipinski definition) is 1. The molecule has 4 atom stereocenters. The maximum atomic E-state index is 13.6. The molecule has 2 aromatic carbocycles. The Balaban J connectivity index is 1.51. The van der Waals surface area contributed by atoms with Gasteiger partial charge >= 0.3 is 5.97 Å². The van der Waals surface area contributed by atoms with Crippen molar-refractivity contribution in [2.24, 2.45) is 11.8 Å². The number of hydrogen-bond acceptors (Lipinski definition) is 3. The zero-order valence-corrected chi connectivity index (χ0v) is 17.2. The van der Waals surface area contributed by atoms with Crippen LogP contribution in [0.5, 0.6) is 0 Å². The molecule has 2 fully saturated rings. The second-order valence-corrected chi connectivity index (χ2v) is 9.65. The number of benzene rings is 2. The number of ether oxygens (including phenoxy) is 1. The molecule has 2 aromatic rings. The van der Waals surface area contributed by atoms with Crippen LogP contribution in [-0.4, -0.2) is 41.8 Å². The van der Waals surface area contributed by atoms with E-state index in [0.717, 1.165) is 30.4 Å². The summed E-state index contributed by atoms with van der Waals surface area (Å²) in [6.45, 7) is 0. The van der Waals surface area contributed by atoms with Crippen molar-refractivity contribution < 1.29 is 19.1 Å². The van der Waals surface area contributed by atoms with Crippen molar-refractivity contribution in [2.45, 2.75) is 43.4 Å². The summed E-state index contributed by atoms with van der Waals surface area (Å²) in [5.74, 6) is 0.147. The van der Waals surface area contributed by atoms with Gasteiger partial charge in [-0.25, -0.2) is 4.79 Å². The highest BCUT2D eigenvalue weighted by atomic mass is 16.6. The molecule has 4 nitrogen and oxygen atoms in total. The third-order valence-corrected chi connectivity index (χ3v) is 7.43. The minimum atomic E-state index is -1.75. The Kier molecular flexibility index (Phi) is 4.17. The monoisotopic (exact) mass is 391 g/mol. The van der Waals surface area contributed by atoms with Crippen molar-refractivity contribution >= 4 is 5.97 Å². The smallest absolute Gasteiger partial charge is 0.348 e. The van der Waals surface area contributed by atoms with Crippen LogP contribution in [0.15, 0.2) is 48.5 Å². The van der Waals surface area contributed by atoms with Crippen LogP contribution in [0.1, 0.15) is 41.5 Å². The lowest BCUT2D eigenvalue weighted by atomic mass is 9.74. The number of nitrogens with zero attached hydrogens (tertiary/aromatic N) is 1. The molecule has 2 saturated carbocycles. The highest BCUT2D eigenvalue weighted by Gasteiger charge is 2.56. The third-order valence-electron chi connectivity index (χ3n) is 7.43. The second kappa shape index (κ2) is 6.41. The lowest BCUT2D eigenvalue weighted by Crippen LogP contribution is -2.48. The maximum absolute atomic E-state index is 13.6. The Labute approximate surface area is 172 Å². The highest BCUT2D eigenvalue weighted by Crippen LogP contribution is 2.51. The van der Waals surface area contributed by atoms with Crippen LogP contribution in [0.4, 0.5) is 0 Å². The third kappa shape index (κ3) is 2.77. The summed E-state index contributed by atoms with van der Waals surface area (Å²) >= 11 is 0. The van der Waals surface area contributed by atoms with Crippen molar-refractivity contribution in [3.63, 3.8) is 0 Å². The van der Waals surface area contributed by atoms with Crippen LogP contribution in [0.25, 0.3) is 0 Å². The number of esters is 1. The minimum Gasteiger partial charge on any atom is -0.459 e. The van der Waals surface area contributed by atoms with E-state index in [1.54, 1.807) is 0 Å². The summed E-state index contributed by atoms with van der Waals surface area (Å²) in [5.41, 5.74) is 1.51. The fourth-order valence-corrected chi connectivity index (χ4v) is 6.05. The molecule has 2 bridgehead atoms. The number of fused-ring (bicyclic) bond motifs is 4. The largest absolute Gasteiger partial charge is 0.459 e. The molecule has 0 heterocycles. The molecule has 3 aliphatic carbocycles. The van der Waals surface area contributed by atoms with Gasteiger partial charge in [0.15, 0.2) is 0 Å². The first-order chi connectivity index (χ1) is 13.8. The van der Waals surface area contributed by atoms with Crippen LogP contribution in [0.2, 0.25) is 0 Å². The van der Waals surface area contributed by atoms with E-state index in [1.165, 1.54) is 0 Å². The van der Waals surface area contributed by atoms with E-state index in [2.05, 4.69) is 21.1 Å². The lowest BCUT2D eigenvalue weighted by Gasteiger charge is -2.44. The molecule has 0 spiro atoms. The van der Waals surface area contributed by atoms with Gasteiger partial charge in [-0.1, -0.05) is 48.5 Å². The fourth-order valence-electron chi connectivity index (χ4n) is 6.05. The molecule has 4 heteroatoms. The fraction of sp³-hybridized carbons (Fsp3) is 0.440. The van der Waals surface area contributed by atoms with E-state index >= 15 is 0 Å². The van der Waals surface area contributed by atoms with Gasteiger partial charge in [0.25, 0.3) is 0 Å². The van der Waals surface area contributed by atoms with Crippen LogP contribution in [-0.2, 0) is 21.6 Å². The Morgan fingerprint density at radius 1 is 1.07 bits per heavy atom. The lowest BCUT2D eigenvalue weighted by molar-refractivity contribution is -0.876. The molecular weight excluding hydrogens is 362 g/mol. The van der Waals surface area contributed by atoms with E-state index < -0.39 is 11.6 Å². The normalized spacial score (nSPS) is 29.2. The number of aliphatic hydroxyl groups is 1. The Hall–Kier alpha value is -2.17. The minimum absolute atomic E-state index is 0.128. The van der Waals surface area contributed by atoms with Gasteiger partial charge in [0.2, 0.25) is 5.60 Å². The molecule has 152 valence electrons. The molecular formula is C25H29NO3. The molecule has 0 aliphatic heterocycles. The van der Waals surface area contributed by atoms with Gasteiger partial charge in [0.05, 0.1) is 6.04 Å². The summed E-state index contributed by atoms with van der Waals surface area (Å²) in [5, 5.41) is 11.8. The van der Waals surface area contributed by atoms with Crippen LogP contribution in [0, 0.1) is 18.9 Å². The number of quaternary nitrogens is 1. The topological polar surface area (TPSA) is 46.5 Å². The average molecular weight is 392 g/mol. The highest BCUT2D eigenvalue weighted by molar-refractivity contribution is 5.87. The van der Waals surface area contributed by atoms with Crippen molar-refractivity contribution in [1.29, 1.82) is 0 Å². The van der Waals surface area contributed by atoms with Crippen LogP contribution >= 0.6 is 0 Å². The van der Waals surface area contributed by atoms with E-state index in [4.69, 9.17) is 4.74 Å². The number of rotatable bonds is 3. The van der Waals surface area contributed by atoms with Crippen molar-refractivity contribution in [3.8, 4) is 0 Å². The van der Waals surface area contributed by atoms with Crippen LogP contribution in [0.3, 0.4) is 0 Å². The predicted molar refractivity (Wildman–Crippen MR) is 111 cm³/mol. The average Bonchev–Trinajstić information content (AvgIpc) is 3.25. The van der Waals surface area contributed by atoms with Crippen molar-refractivity contribution in [2.75, 3.05) is 14.1 Å². The number of carbonyl (C=O) groups excluding carboxylic acids is 1. The first-order valence-electron chi connectivity index (χ1n) is 10.6. The molecule has 29 heavy (non-hydrogen) atoms. The predicted octanol–water partition coefficient (Wildman–Crippen LogP) is 3.40. The van der Waals surface area contributed by atoms with E-state index in [9.17, 15) is 9.90 Å². The zero-order valence-electron chi connectivity index (χ0n) is 17.2. The molecule has 5 rings (SSSR count). The SMILES string of the molecule is [CH2-][N+](C)(C)C1CC2CCC1C2OC(=O)C1(O)c2ccccc2Cc2ccccc21. The maximum Gasteiger partial charge on any atom is 0.348 e. The van der Waals surface area contributed by atoms with Crippen molar-refractivity contribution in [3.05, 3.63) is 77.8 Å². The molecule has 3 aliphatic rings. The number of carbonyl (C=O) groups is 1. The standard InChI is InChI=1S/C25H29NO3/c1-26(2,3)22-15-18-12-13-19(22)23(18)29-24(27)25(28)20-10-6-4-8-16(20)14-17-9-5-7-11-21(17)25/h4-11,18-19,22-23,28H,1,12-15H2,2-3H3. The molecule has 0 amide bonds. The molecule has 0 saturated heterocycles. The molecule has 1 N–H and O–H groups in total. The van der Waals surface area contributed by atoms with Gasteiger partial charge in [0, 0.05) is 43.5 Å². The van der Waals surface area contributed by atoms with Gasteiger partial charge in [-0.3, -0.25) is 0 Å². The Morgan fingerprint density at radius 2 is 1.66 bits per heavy atom. The summed E-state index contributed by atoms with van der Waals surface area (Å²) in [7, 11) is 8.53. The molecule has 0 radical (unpaired) electrons. The van der Waals surface area contributed by atoms with Gasteiger partial charge in [0.1, 0.15) is 6.10 Å². The zero-order chi connectivity index (χ0) is 20.4. The summed E-state index contributed by atoms with van der Waals surface area (Å²) in [4.78, 5) is 13.6. The van der Waals surface area contributed by atoms with Gasteiger partial charge in [-0.15, -0.1) is 7.05 Å². The summed E-state index contributed by atoms with van der Waals surface area (Å²) in [6, 6.07) is 15.7. The Bertz CT molecular complexity index is 915. The van der Waals surface area contributed by atoms with E-state index in [1.807, 2.05) is 48.5 Å². The van der Waals surface area contributed by atoms with Crippen LogP contribution < -0.4 is 0 Å². The Morgan fingerprint density at radius 3 is 2.21 bits per heavy atom. The summed E-state index contributed by atoms with van der Waals surface area (Å²) in [6.07, 6.45) is 3.77. The van der Waals surface area contributed by atoms with E-state index in [-0.39, 0.29) is 6.10 Å². The van der Waals surface area contributed by atoms with Gasteiger partial charge in [-0.05, 0) is 30.4 Å². The van der Waals surface area contributed by atoms with E-state index in [0.29, 0.717) is 39.9 Å². The molecule has 4 unspecified atom stereocenters. The molecule has 0 aromatic heterocycles. The second-order valence-electron chi connectivity index (χ2n) is 9.65. The van der Waals surface area contributed by atoms with Gasteiger partial charge in [-0.2, -0.15) is 0 Å². The quantitative estimate of drug-likeness (QED) is 0.496. The first-order valence-corrected chi connectivity index (χ1v) is 10.6. The van der Waals surface area contributed by atoms with Crippen molar-refractivity contribution in [1.82, 2.24) is 0 Å². The first kappa shape index (κ1) is 18.8. The summed E-state index contributed by atoms with van der Waals surface area (Å²) < 4.78 is 6.80.